The Labute approximate surface area is 178 Å². The molecule has 31 heavy (non-hydrogen) atoms. The molecule has 0 radical (unpaired) electrons. The van der Waals surface area contributed by atoms with Gasteiger partial charge in [0.05, 0.1) is 17.2 Å². The number of carbonyl (C=O) groups is 2. The average Bonchev–Trinajstić information content (AvgIpc) is 3.08. The van der Waals surface area contributed by atoms with Crippen molar-refractivity contribution in [2.75, 3.05) is 6.61 Å². The molecular weight excluding hydrogens is 394 g/mol. The summed E-state index contributed by atoms with van der Waals surface area (Å²) in [6, 6.07) is 18.4. The van der Waals surface area contributed by atoms with E-state index in [0.717, 1.165) is 17.1 Å². The lowest BCUT2D eigenvalue weighted by Crippen LogP contribution is -2.26. The smallest absolute Gasteiger partial charge is 0.326 e. The summed E-state index contributed by atoms with van der Waals surface area (Å²) in [5.74, 6) is -0.975. The minimum atomic E-state index is -0.676. The molecule has 0 saturated carbocycles. The highest BCUT2D eigenvalue weighted by molar-refractivity contribution is 5.99. The van der Waals surface area contributed by atoms with E-state index in [-0.39, 0.29) is 17.9 Å². The largest absolute Gasteiger partial charge is 0.456 e. The SMILES string of the molecule is Cc1cc(C(=O)COC(=O)Cn2cnc3ccccc3c2=O)c(C)n1-c1ccccc1. The van der Waals surface area contributed by atoms with Crippen molar-refractivity contribution in [3.8, 4) is 5.69 Å². The van der Waals surface area contributed by atoms with E-state index in [9.17, 15) is 14.4 Å². The molecule has 0 unspecified atom stereocenters. The number of hydrogen-bond acceptors (Lipinski definition) is 5. The van der Waals surface area contributed by atoms with Gasteiger partial charge in [0, 0.05) is 22.6 Å². The van der Waals surface area contributed by atoms with Gasteiger partial charge in [-0.25, -0.2) is 4.98 Å². The molecule has 4 rings (SSSR count). The predicted octanol–water partition coefficient (Wildman–Crippen LogP) is 3.23. The number of hydrogen-bond donors (Lipinski definition) is 0. The van der Waals surface area contributed by atoms with Gasteiger partial charge in [-0.3, -0.25) is 19.0 Å². The summed E-state index contributed by atoms with van der Waals surface area (Å²) < 4.78 is 8.31. The monoisotopic (exact) mass is 415 g/mol. The first-order chi connectivity index (χ1) is 15.0. The van der Waals surface area contributed by atoms with Crippen LogP contribution in [-0.4, -0.2) is 32.5 Å². The maximum absolute atomic E-state index is 12.7. The number of Topliss-reactive ketones (excluding diaryl/α,β-unsaturated/α-hetero) is 1. The van der Waals surface area contributed by atoms with Crippen LogP contribution in [0.1, 0.15) is 21.7 Å². The second-order valence-corrected chi connectivity index (χ2v) is 7.23. The molecule has 2 aromatic carbocycles. The summed E-state index contributed by atoms with van der Waals surface area (Å²) in [7, 11) is 0. The third-order valence-corrected chi connectivity index (χ3v) is 5.14. The highest BCUT2D eigenvalue weighted by Gasteiger charge is 2.18. The first-order valence-corrected chi connectivity index (χ1v) is 9.83. The van der Waals surface area contributed by atoms with Gasteiger partial charge in [0.15, 0.2) is 6.61 Å². The van der Waals surface area contributed by atoms with Gasteiger partial charge in [-0.15, -0.1) is 0 Å². The summed E-state index contributed by atoms with van der Waals surface area (Å²) in [4.78, 5) is 41.6. The number of ether oxygens (including phenoxy) is 1. The Bertz CT molecular complexity index is 1340. The fraction of sp³-hybridized carbons (Fsp3) is 0.167. The Hall–Kier alpha value is -4.00. The zero-order chi connectivity index (χ0) is 22.0. The minimum Gasteiger partial charge on any atom is -0.456 e. The van der Waals surface area contributed by atoms with Gasteiger partial charge in [-0.05, 0) is 44.2 Å². The van der Waals surface area contributed by atoms with Crippen LogP contribution in [0.15, 0.2) is 71.8 Å². The molecule has 0 aliphatic carbocycles. The number of benzene rings is 2. The highest BCUT2D eigenvalue weighted by Crippen LogP contribution is 2.21. The number of nitrogens with zero attached hydrogens (tertiary/aromatic N) is 3. The number of rotatable bonds is 6. The van der Waals surface area contributed by atoms with Crippen molar-refractivity contribution in [2.45, 2.75) is 20.4 Å². The van der Waals surface area contributed by atoms with Crippen molar-refractivity contribution >= 4 is 22.7 Å². The van der Waals surface area contributed by atoms with Crippen molar-refractivity contribution in [2.24, 2.45) is 0 Å². The molecule has 0 atom stereocenters. The third-order valence-electron chi connectivity index (χ3n) is 5.14. The van der Waals surface area contributed by atoms with Gasteiger partial charge in [-0.2, -0.15) is 0 Å². The Morgan fingerprint density at radius 2 is 1.71 bits per heavy atom. The van der Waals surface area contributed by atoms with Gasteiger partial charge in [0.25, 0.3) is 5.56 Å². The lowest BCUT2D eigenvalue weighted by molar-refractivity contribution is -0.143. The summed E-state index contributed by atoms with van der Waals surface area (Å²) >= 11 is 0. The van der Waals surface area contributed by atoms with Crippen LogP contribution in [0.2, 0.25) is 0 Å². The van der Waals surface area contributed by atoms with Crippen LogP contribution in [0, 0.1) is 13.8 Å². The van der Waals surface area contributed by atoms with E-state index in [0.29, 0.717) is 16.5 Å². The van der Waals surface area contributed by atoms with Gasteiger partial charge < -0.3 is 9.30 Å². The number of carbonyl (C=O) groups excluding carboxylic acids is 2. The number of ketones is 1. The number of aromatic nitrogens is 3. The van der Waals surface area contributed by atoms with Crippen LogP contribution >= 0.6 is 0 Å². The number of aryl methyl sites for hydroxylation is 1. The normalized spacial score (nSPS) is 10.9. The van der Waals surface area contributed by atoms with Crippen LogP contribution in [0.4, 0.5) is 0 Å². The first-order valence-electron chi connectivity index (χ1n) is 9.83. The van der Waals surface area contributed by atoms with Crippen LogP contribution in [-0.2, 0) is 16.1 Å². The molecule has 0 amide bonds. The van der Waals surface area contributed by atoms with Gasteiger partial charge in [-0.1, -0.05) is 30.3 Å². The van der Waals surface area contributed by atoms with Gasteiger partial charge in [0.2, 0.25) is 5.78 Å². The molecule has 4 aromatic rings. The van der Waals surface area contributed by atoms with E-state index >= 15 is 0 Å². The lowest BCUT2D eigenvalue weighted by atomic mass is 10.1. The van der Waals surface area contributed by atoms with E-state index in [1.165, 1.54) is 10.9 Å². The molecule has 0 aliphatic rings. The summed E-state index contributed by atoms with van der Waals surface area (Å²) in [6.07, 6.45) is 1.31. The van der Waals surface area contributed by atoms with Crippen molar-refractivity contribution in [1.82, 2.24) is 14.1 Å². The third kappa shape index (κ3) is 4.02. The fourth-order valence-corrected chi connectivity index (χ4v) is 3.65. The molecule has 7 nitrogen and oxygen atoms in total. The molecule has 2 aromatic heterocycles. The minimum absolute atomic E-state index is 0.299. The van der Waals surface area contributed by atoms with Gasteiger partial charge in [0.1, 0.15) is 6.54 Å². The standard InChI is InChI=1S/C24H21N3O4/c1-16-12-20(17(2)27(16)18-8-4-3-5-9-18)22(28)14-31-23(29)13-26-15-25-21-11-7-6-10-19(21)24(26)30/h3-12,15H,13-14H2,1-2H3. The van der Waals surface area contributed by atoms with Crippen molar-refractivity contribution in [3.05, 3.63) is 94.3 Å². The van der Waals surface area contributed by atoms with E-state index in [4.69, 9.17) is 4.74 Å². The second kappa shape index (κ2) is 8.39. The maximum atomic E-state index is 12.7. The molecule has 0 bridgehead atoms. The first kappa shape index (κ1) is 20.3. The average molecular weight is 415 g/mol. The van der Waals surface area contributed by atoms with E-state index < -0.39 is 12.6 Å². The molecule has 0 saturated heterocycles. The molecule has 156 valence electrons. The maximum Gasteiger partial charge on any atom is 0.326 e. The molecular formula is C24H21N3O4. The molecule has 0 aliphatic heterocycles. The zero-order valence-electron chi connectivity index (χ0n) is 17.2. The topological polar surface area (TPSA) is 83.2 Å². The number of esters is 1. The fourth-order valence-electron chi connectivity index (χ4n) is 3.65. The molecule has 7 heteroatoms. The zero-order valence-corrected chi connectivity index (χ0v) is 17.2. The molecule has 0 spiro atoms. The van der Waals surface area contributed by atoms with Crippen LogP contribution < -0.4 is 5.56 Å². The van der Waals surface area contributed by atoms with Crippen molar-refractivity contribution < 1.29 is 14.3 Å². The lowest BCUT2D eigenvalue weighted by Gasteiger charge is -2.10. The Morgan fingerprint density at radius 1 is 1.00 bits per heavy atom. The summed E-state index contributed by atoms with van der Waals surface area (Å²) in [5, 5.41) is 0.419. The Morgan fingerprint density at radius 3 is 2.48 bits per heavy atom. The van der Waals surface area contributed by atoms with E-state index in [2.05, 4.69) is 4.98 Å². The summed E-state index contributed by atoms with van der Waals surface area (Å²) in [5.41, 5.74) is 3.36. The molecule has 0 N–H and O–H groups in total. The molecule has 0 fully saturated rings. The van der Waals surface area contributed by atoms with Crippen LogP contribution in [0.25, 0.3) is 16.6 Å². The van der Waals surface area contributed by atoms with Crippen LogP contribution in [0.5, 0.6) is 0 Å². The summed E-state index contributed by atoms with van der Waals surface area (Å²) in [6.45, 7) is 3.07. The predicted molar refractivity (Wildman–Crippen MR) is 117 cm³/mol. The van der Waals surface area contributed by atoms with E-state index in [1.807, 2.05) is 48.7 Å². The van der Waals surface area contributed by atoms with Crippen molar-refractivity contribution in [1.29, 1.82) is 0 Å². The Balaban J connectivity index is 1.45. The second-order valence-electron chi connectivity index (χ2n) is 7.23. The number of para-hydroxylation sites is 2. The molecule has 2 heterocycles. The van der Waals surface area contributed by atoms with Crippen LogP contribution in [0.3, 0.4) is 0 Å². The van der Waals surface area contributed by atoms with Gasteiger partial charge >= 0.3 is 5.97 Å². The number of fused-ring (bicyclic) bond motifs is 1. The van der Waals surface area contributed by atoms with Crippen molar-refractivity contribution in [3.63, 3.8) is 0 Å². The highest BCUT2D eigenvalue weighted by atomic mass is 16.5. The quantitative estimate of drug-likeness (QED) is 0.357. The van der Waals surface area contributed by atoms with E-state index in [1.54, 1.807) is 30.3 Å². The Kier molecular flexibility index (Phi) is 5.49.